The van der Waals surface area contributed by atoms with E-state index >= 15 is 0 Å². The second-order valence-electron chi connectivity index (χ2n) is 11.6. The van der Waals surface area contributed by atoms with Crippen LogP contribution in [0.2, 0.25) is 0 Å². The van der Waals surface area contributed by atoms with Crippen LogP contribution in [0, 0.1) is 20.8 Å². The summed E-state index contributed by atoms with van der Waals surface area (Å²) in [6, 6.07) is 24.0. The van der Waals surface area contributed by atoms with E-state index in [9.17, 15) is 28.8 Å². The van der Waals surface area contributed by atoms with Crippen LogP contribution in [0.25, 0.3) is 0 Å². The predicted octanol–water partition coefficient (Wildman–Crippen LogP) is 6.27. The maximum Gasteiger partial charge on any atom is 0.561 e. The van der Waals surface area contributed by atoms with Crippen LogP contribution in [0.3, 0.4) is 0 Å². The number of hydrogen-bond acceptors (Lipinski definition) is 12. The molecule has 4 aromatic rings. The van der Waals surface area contributed by atoms with Crippen molar-refractivity contribution < 1.29 is 28.6 Å². The molecule has 288 valence electrons. The van der Waals surface area contributed by atoms with E-state index in [1.807, 2.05) is 93.6 Å². The summed E-state index contributed by atoms with van der Waals surface area (Å²) in [6.45, 7) is 4.45. The van der Waals surface area contributed by atoms with Gasteiger partial charge in [-0.2, -0.15) is 0 Å². The molecule has 0 spiro atoms. The van der Waals surface area contributed by atoms with E-state index < -0.39 is 17.1 Å². The average molecular weight is 853 g/mol. The first-order chi connectivity index (χ1) is 26.0. The standard InChI is InChI=1S/C36H39N3O9S6/c1-25-4-10-28(11-5-25)22-49-52-34(43)46-19-16-37-31(40)38(17-20-47-35(44)53-50-23-29-12-6-26(2)7-13-29)33(42)39(32(37)41)18-21-48-36(45)54-51-24-30-14-8-27(3)9-15-30/h4-15H,16-24H2,1-3H3/p+3. The molecule has 12 nitrogen and oxygen atoms in total. The number of nitrogens with zero attached hydrogens (tertiary/aromatic N) is 3. The van der Waals surface area contributed by atoms with Crippen molar-refractivity contribution in [2.45, 2.75) is 57.7 Å². The van der Waals surface area contributed by atoms with Crippen LogP contribution in [0.5, 0.6) is 0 Å². The number of rotatable bonds is 18. The number of hydrogen-bond donors (Lipinski definition) is 0. The summed E-state index contributed by atoms with van der Waals surface area (Å²) in [5.41, 5.74) is 3.93. The number of aryl methyl sites for hydroxylation is 3. The SMILES string of the molecule is Cc1ccc(CSSC(=[OH+])OCCn2c(=O)n(CCOC(=[OH+])SSCc3ccc(C)cc3)c(=O)n(CCOC(=[OH+])SSCc3ccc(C)cc3)c2=O)cc1. The Morgan fingerprint density at radius 1 is 0.463 bits per heavy atom. The fraction of sp³-hybridized carbons (Fsp3) is 0.333. The van der Waals surface area contributed by atoms with Crippen LogP contribution in [0.4, 0.5) is 0 Å². The molecule has 54 heavy (non-hydrogen) atoms. The first kappa shape index (κ1) is 43.3. The van der Waals surface area contributed by atoms with Gasteiger partial charge in [0.15, 0.2) is 0 Å². The van der Waals surface area contributed by atoms with Gasteiger partial charge in [0, 0.05) is 17.3 Å². The van der Waals surface area contributed by atoms with E-state index in [0.29, 0.717) is 17.3 Å². The largest absolute Gasteiger partial charge is 0.561 e. The third-order valence-electron chi connectivity index (χ3n) is 7.44. The molecule has 3 N–H and O–H groups in total. The highest BCUT2D eigenvalue weighted by Gasteiger charge is 2.22. The van der Waals surface area contributed by atoms with Crippen LogP contribution < -0.4 is 17.1 Å². The van der Waals surface area contributed by atoms with Gasteiger partial charge in [-0.3, -0.25) is 0 Å². The summed E-state index contributed by atoms with van der Waals surface area (Å²) in [5.74, 6) is 1.85. The van der Waals surface area contributed by atoms with Crippen LogP contribution in [0.15, 0.2) is 87.2 Å². The molecule has 0 aliphatic heterocycles. The lowest BCUT2D eigenvalue weighted by Crippen LogP contribution is -2.55. The molecule has 0 unspecified atom stereocenters. The Hall–Kier alpha value is -3.42. The molecule has 1 heterocycles. The highest BCUT2D eigenvalue weighted by Crippen LogP contribution is 2.28. The van der Waals surface area contributed by atoms with E-state index in [2.05, 4.69) is 0 Å². The van der Waals surface area contributed by atoms with Crippen molar-refractivity contribution in [1.82, 2.24) is 13.7 Å². The second kappa shape index (κ2) is 22.8. The highest BCUT2D eigenvalue weighted by molar-refractivity contribution is 8.82. The smallest absolute Gasteiger partial charge is 0.329 e. The topological polar surface area (TPSA) is 158 Å². The fourth-order valence-corrected chi connectivity index (χ4v) is 9.45. The van der Waals surface area contributed by atoms with Gasteiger partial charge in [0.1, 0.15) is 0 Å². The molecule has 0 saturated heterocycles. The maximum atomic E-state index is 13.4. The zero-order valence-corrected chi connectivity index (χ0v) is 34.8. The van der Waals surface area contributed by atoms with Gasteiger partial charge in [-0.25, -0.2) is 28.1 Å². The quantitative estimate of drug-likeness (QED) is 0.0479. The van der Waals surface area contributed by atoms with E-state index in [1.54, 1.807) is 0 Å². The van der Waals surface area contributed by atoms with Gasteiger partial charge in [-0.15, -0.1) is 0 Å². The Bertz CT molecular complexity index is 1770. The first-order valence-electron chi connectivity index (χ1n) is 16.6. The van der Waals surface area contributed by atoms with Crippen molar-refractivity contribution in [3.63, 3.8) is 0 Å². The molecular formula is C36H42N3O9S6+3. The fourth-order valence-electron chi connectivity index (χ4n) is 4.50. The van der Waals surface area contributed by atoms with E-state index in [-0.39, 0.29) is 55.4 Å². The zero-order chi connectivity index (χ0) is 38.9. The van der Waals surface area contributed by atoms with E-state index in [0.717, 1.165) is 79.5 Å². The lowest BCUT2D eigenvalue weighted by molar-refractivity contribution is 0.237. The molecule has 3 aromatic carbocycles. The maximum absolute atomic E-state index is 13.4. The van der Waals surface area contributed by atoms with E-state index in [4.69, 9.17) is 14.2 Å². The average Bonchev–Trinajstić information content (AvgIpc) is 3.15. The Kier molecular flexibility index (Phi) is 18.3. The van der Waals surface area contributed by atoms with Gasteiger partial charge in [0.2, 0.25) is 19.8 Å². The van der Waals surface area contributed by atoms with Gasteiger partial charge >= 0.3 is 33.0 Å². The van der Waals surface area contributed by atoms with Crippen molar-refractivity contribution in [2.24, 2.45) is 0 Å². The Labute approximate surface area is 336 Å². The normalized spacial score (nSPS) is 10.9. The van der Waals surface area contributed by atoms with Crippen LogP contribution in [-0.4, -0.2) is 63.8 Å². The minimum absolute atomic E-state index is 0.239. The van der Waals surface area contributed by atoms with Gasteiger partial charge in [0.25, 0.3) is 0 Å². The summed E-state index contributed by atoms with van der Waals surface area (Å²) < 4.78 is 18.6. The third-order valence-corrected chi connectivity index (χ3v) is 13.3. The van der Waals surface area contributed by atoms with Gasteiger partial charge < -0.3 is 28.6 Å². The lowest BCUT2D eigenvalue weighted by atomic mass is 10.2. The number of ether oxygens (including phenoxy) is 3. The zero-order valence-electron chi connectivity index (χ0n) is 29.9. The minimum atomic E-state index is -0.909. The Morgan fingerprint density at radius 2 is 0.704 bits per heavy atom. The molecule has 0 aliphatic carbocycles. The number of aromatic nitrogens is 3. The summed E-state index contributed by atoms with van der Waals surface area (Å²) in [5, 5.41) is -1.03. The van der Waals surface area contributed by atoms with Gasteiger partial charge in [-0.05, 0) is 37.5 Å². The van der Waals surface area contributed by atoms with Gasteiger partial charge in [-0.1, -0.05) is 122 Å². The Morgan fingerprint density at radius 3 is 0.944 bits per heavy atom. The molecule has 0 aliphatic rings. The van der Waals surface area contributed by atoms with Crippen molar-refractivity contribution in [3.8, 4) is 0 Å². The predicted molar refractivity (Wildman–Crippen MR) is 228 cm³/mol. The molecular weight excluding hydrogens is 811 g/mol. The molecule has 0 bridgehead atoms. The summed E-state index contributed by atoms with van der Waals surface area (Å²) in [6.07, 6.45) is 0. The van der Waals surface area contributed by atoms with Crippen molar-refractivity contribution in [2.75, 3.05) is 19.8 Å². The van der Waals surface area contributed by atoms with Crippen molar-refractivity contribution in [1.29, 1.82) is 0 Å². The minimum Gasteiger partial charge on any atom is -0.329 e. The highest BCUT2D eigenvalue weighted by atomic mass is 33.1. The van der Waals surface area contributed by atoms with E-state index in [1.165, 1.54) is 32.4 Å². The monoisotopic (exact) mass is 852 g/mol. The lowest BCUT2D eigenvalue weighted by Gasteiger charge is -2.11. The molecule has 0 radical (unpaired) electrons. The third kappa shape index (κ3) is 14.7. The molecule has 4 rings (SSSR count). The number of benzene rings is 3. The number of carbonyl (C=O) groups excluding carboxylic acids is 3. The van der Waals surface area contributed by atoms with Crippen molar-refractivity contribution >= 4 is 80.7 Å². The van der Waals surface area contributed by atoms with Crippen LogP contribution in [0.1, 0.15) is 33.4 Å². The molecule has 0 atom stereocenters. The molecule has 0 fully saturated rings. The molecule has 1 aromatic heterocycles. The van der Waals surface area contributed by atoms with Gasteiger partial charge in [0.05, 0.1) is 52.0 Å². The summed E-state index contributed by atoms with van der Waals surface area (Å²) >= 11 is 0. The Balaban J connectivity index is 1.34. The van der Waals surface area contributed by atoms with Crippen LogP contribution in [-0.2, 0) is 51.1 Å². The van der Waals surface area contributed by atoms with Crippen molar-refractivity contribution in [3.05, 3.63) is 138 Å². The molecule has 0 saturated carbocycles. The molecule has 0 amide bonds. The first-order valence-corrected chi connectivity index (χ1v) is 23.5. The summed E-state index contributed by atoms with van der Waals surface area (Å²) in [7, 11) is 7.11. The van der Waals surface area contributed by atoms with Crippen LogP contribution >= 0.6 is 64.8 Å². The summed E-state index contributed by atoms with van der Waals surface area (Å²) in [4.78, 5) is 71.1. The second-order valence-corrected chi connectivity index (χ2v) is 18.4. The molecule has 18 heteroatoms.